The molecule has 0 radical (unpaired) electrons. The first kappa shape index (κ1) is 20.4. The predicted molar refractivity (Wildman–Crippen MR) is 99.2 cm³/mol. The first-order valence-electron chi connectivity index (χ1n) is 7.78. The monoisotopic (exact) mass is 446 g/mol. The van der Waals surface area contributed by atoms with Crippen molar-refractivity contribution < 1.29 is 22.7 Å². The SMILES string of the molecule is CC(C)(C)C(Cc1cc(Br)n(S(=O)(=O)c2cccc(F)c2)c1)NC(=O)O. The van der Waals surface area contributed by atoms with Gasteiger partial charge in [0.2, 0.25) is 0 Å². The molecule has 2 rings (SSSR count). The third kappa shape index (κ3) is 4.64. The lowest BCUT2D eigenvalue weighted by Gasteiger charge is -2.30. The van der Waals surface area contributed by atoms with Gasteiger partial charge in [-0.1, -0.05) is 26.8 Å². The number of nitrogens with zero attached hydrogens (tertiary/aromatic N) is 1. The molecule has 6 nitrogen and oxygen atoms in total. The molecule has 0 aliphatic carbocycles. The van der Waals surface area contributed by atoms with Crippen LogP contribution in [-0.4, -0.2) is 29.6 Å². The number of halogens is 2. The second kappa shape index (κ2) is 7.40. The minimum absolute atomic E-state index is 0.170. The van der Waals surface area contributed by atoms with Crippen LogP contribution >= 0.6 is 15.9 Å². The maximum atomic E-state index is 13.4. The van der Waals surface area contributed by atoms with Crippen LogP contribution in [0.4, 0.5) is 9.18 Å². The van der Waals surface area contributed by atoms with Crippen LogP contribution in [0.15, 0.2) is 46.0 Å². The summed E-state index contributed by atoms with van der Waals surface area (Å²) in [5.41, 5.74) is 0.263. The number of carboxylic acid groups (broad SMARTS) is 1. The van der Waals surface area contributed by atoms with E-state index in [1.807, 2.05) is 20.8 Å². The Kier molecular flexibility index (Phi) is 5.82. The molecule has 1 aromatic heterocycles. The Labute approximate surface area is 160 Å². The Morgan fingerprint density at radius 3 is 2.54 bits per heavy atom. The van der Waals surface area contributed by atoms with Crippen molar-refractivity contribution in [2.24, 2.45) is 5.41 Å². The first-order valence-corrected chi connectivity index (χ1v) is 10.0. The van der Waals surface area contributed by atoms with E-state index in [1.165, 1.54) is 24.4 Å². The zero-order chi connectivity index (χ0) is 19.7. The van der Waals surface area contributed by atoms with Crippen LogP contribution in [0.1, 0.15) is 26.3 Å². The van der Waals surface area contributed by atoms with Crippen LogP contribution < -0.4 is 5.32 Å². The quantitative estimate of drug-likeness (QED) is 0.729. The predicted octanol–water partition coefficient (Wildman–Crippen LogP) is 3.85. The van der Waals surface area contributed by atoms with Crippen LogP contribution in [-0.2, 0) is 16.4 Å². The third-order valence-corrected chi connectivity index (χ3v) is 6.45. The molecular formula is C17H20BrFN2O4S. The maximum Gasteiger partial charge on any atom is 0.404 e. The van der Waals surface area contributed by atoms with Crippen LogP contribution in [0.3, 0.4) is 0 Å². The average molecular weight is 447 g/mol. The average Bonchev–Trinajstić information content (AvgIpc) is 2.86. The molecule has 9 heteroatoms. The lowest BCUT2D eigenvalue weighted by Crippen LogP contribution is -2.44. The molecule has 26 heavy (non-hydrogen) atoms. The standard InChI is InChI=1S/C17H20BrFN2O4S/c1-17(2,3)14(20-16(22)23)7-11-8-15(18)21(10-11)26(24,25)13-6-4-5-12(19)9-13/h4-6,8-10,14,20H,7H2,1-3H3,(H,22,23). The number of hydrogen-bond acceptors (Lipinski definition) is 3. The zero-order valence-corrected chi connectivity index (χ0v) is 16.9. The third-order valence-electron chi connectivity index (χ3n) is 3.93. The highest BCUT2D eigenvalue weighted by Gasteiger charge is 2.28. The zero-order valence-electron chi connectivity index (χ0n) is 14.5. The summed E-state index contributed by atoms with van der Waals surface area (Å²) in [6.07, 6.45) is 0.572. The summed E-state index contributed by atoms with van der Waals surface area (Å²) >= 11 is 3.21. The van der Waals surface area contributed by atoms with E-state index in [0.717, 1.165) is 10.0 Å². The van der Waals surface area contributed by atoms with Gasteiger partial charge in [-0.25, -0.2) is 21.6 Å². The summed E-state index contributed by atoms with van der Waals surface area (Å²) in [6.45, 7) is 5.68. The molecule has 0 bridgehead atoms. The largest absolute Gasteiger partial charge is 0.465 e. The van der Waals surface area contributed by atoms with Gasteiger partial charge < -0.3 is 10.4 Å². The van der Waals surface area contributed by atoms with Gasteiger partial charge in [0.25, 0.3) is 10.0 Å². The molecule has 1 unspecified atom stereocenters. The fraction of sp³-hybridized carbons (Fsp3) is 0.353. The topological polar surface area (TPSA) is 88.4 Å². The Hall–Kier alpha value is -1.87. The summed E-state index contributed by atoms with van der Waals surface area (Å²) in [4.78, 5) is 10.9. The van der Waals surface area contributed by atoms with Crippen molar-refractivity contribution in [3.8, 4) is 0 Å². The molecule has 1 heterocycles. The van der Waals surface area contributed by atoms with Gasteiger partial charge >= 0.3 is 6.09 Å². The van der Waals surface area contributed by atoms with Gasteiger partial charge in [0, 0.05) is 12.2 Å². The highest BCUT2D eigenvalue weighted by Crippen LogP contribution is 2.27. The summed E-state index contributed by atoms with van der Waals surface area (Å²) < 4.78 is 40.2. The lowest BCUT2D eigenvalue weighted by atomic mass is 9.83. The second-order valence-electron chi connectivity index (χ2n) is 7.00. The normalized spacial score (nSPS) is 13.4. The number of amides is 1. The number of aromatic nitrogens is 1. The molecule has 0 saturated heterocycles. The van der Waals surface area contributed by atoms with E-state index in [4.69, 9.17) is 5.11 Å². The molecular weight excluding hydrogens is 427 g/mol. The van der Waals surface area contributed by atoms with Crippen LogP contribution in [0.25, 0.3) is 0 Å². The number of nitrogens with one attached hydrogen (secondary N) is 1. The van der Waals surface area contributed by atoms with E-state index < -0.39 is 28.0 Å². The summed E-state index contributed by atoms with van der Waals surface area (Å²) in [7, 11) is -3.97. The van der Waals surface area contributed by atoms with Crippen LogP contribution in [0.5, 0.6) is 0 Å². The number of hydrogen-bond donors (Lipinski definition) is 2. The van der Waals surface area contributed by atoms with Crippen molar-refractivity contribution in [2.75, 3.05) is 0 Å². The second-order valence-corrected chi connectivity index (χ2v) is 9.63. The first-order chi connectivity index (χ1) is 11.9. The number of benzene rings is 1. The molecule has 0 spiro atoms. The Morgan fingerprint density at radius 1 is 1.35 bits per heavy atom. The lowest BCUT2D eigenvalue weighted by molar-refractivity contribution is 0.174. The van der Waals surface area contributed by atoms with Gasteiger partial charge in [0.15, 0.2) is 0 Å². The molecule has 2 aromatic rings. The minimum Gasteiger partial charge on any atom is -0.465 e. The summed E-state index contributed by atoms with van der Waals surface area (Å²) in [5, 5.41) is 11.5. The van der Waals surface area contributed by atoms with Gasteiger partial charge in [0.1, 0.15) is 10.4 Å². The van der Waals surface area contributed by atoms with E-state index in [-0.39, 0.29) is 14.9 Å². The molecule has 142 valence electrons. The van der Waals surface area contributed by atoms with Gasteiger partial charge in [-0.2, -0.15) is 0 Å². The molecule has 1 atom stereocenters. The molecule has 0 fully saturated rings. The summed E-state index contributed by atoms with van der Waals surface area (Å²) in [5.74, 6) is -0.645. The molecule has 0 aliphatic heterocycles. The highest BCUT2D eigenvalue weighted by atomic mass is 79.9. The van der Waals surface area contributed by atoms with Gasteiger partial charge in [-0.3, -0.25) is 0 Å². The van der Waals surface area contributed by atoms with E-state index in [0.29, 0.717) is 12.0 Å². The highest BCUT2D eigenvalue weighted by molar-refractivity contribution is 9.10. The van der Waals surface area contributed by atoms with Crippen molar-refractivity contribution in [2.45, 2.75) is 38.1 Å². The minimum atomic E-state index is -3.97. The van der Waals surface area contributed by atoms with E-state index in [1.54, 1.807) is 6.07 Å². The van der Waals surface area contributed by atoms with Gasteiger partial charge in [0.05, 0.1) is 4.90 Å². The Balaban J connectivity index is 2.38. The van der Waals surface area contributed by atoms with Crippen LogP contribution in [0, 0.1) is 11.2 Å². The van der Waals surface area contributed by atoms with Gasteiger partial charge in [-0.05, 0) is 57.6 Å². The maximum absolute atomic E-state index is 13.4. The van der Waals surface area contributed by atoms with Crippen molar-refractivity contribution in [1.29, 1.82) is 0 Å². The van der Waals surface area contributed by atoms with E-state index >= 15 is 0 Å². The van der Waals surface area contributed by atoms with Crippen molar-refractivity contribution in [3.05, 3.63) is 52.5 Å². The molecule has 0 aliphatic rings. The fourth-order valence-electron chi connectivity index (χ4n) is 2.46. The summed E-state index contributed by atoms with van der Waals surface area (Å²) in [6, 6.07) is 5.95. The van der Waals surface area contributed by atoms with Crippen molar-refractivity contribution in [3.63, 3.8) is 0 Å². The van der Waals surface area contributed by atoms with Gasteiger partial charge in [-0.15, -0.1) is 0 Å². The van der Waals surface area contributed by atoms with Crippen molar-refractivity contribution in [1.82, 2.24) is 9.29 Å². The Morgan fingerprint density at radius 2 is 2.00 bits per heavy atom. The molecule has 1 aromatic carbocycles. The van der Waals surface area contributed by atoms with Crippen molar-refractivity contribution >= 4 is 32.0 Å². The molecule has 1 amide bonds. The number of carbonyl (C=O) groups is 1. The fourth-order valence-corrected chi connectivity index (χ4v) is 4.73. The molecule has 2 N–H and O–H groups in total. The molecule has 0 saturated carbocycles. The van der Waals surface area contributed by atoms with E-state index in [2.05, 4.69) is 21.2 Å². The smallest absolute Gasteiger partial charge is 0.404 e. The van der Waals surface area contributed by atoms with Crippen LogP contribution in [0.2, 0.25) is 0 Å². The Bertz CT molecular complexity index is 919. The number of rotatable bonds is 5. The van der Waals surface area contributed by atoms with E-state index in [9.17, 15) is 17.6 Å².